The summed E-state index contributed by atoms with van der Waals surface area (Å²) in [5.41, 5.74) is 0. The second kappa shape index (κ2) is 21.4. The molecule has 0 saturated heterocycles. The number of aliphatic hydroxyl groups is 4. The first-order valence-electron chi connectivity index (χ1n) is 11.0. The Balaban J connectivity index is 3.45. The predicted molar refractivity (Wildman–Crippen MR) is 109 cm³/mol. The maximum absolute atomic E-state index is 9.74. The third kappa shape index (κ3) is 19.1. The molecule has 0 fully saturated rings. The topological polar surface area (TPSA) is 109 Å². The van der Waals surface area contributed by atoms with Crippen molar-refractivity contribution in [1.29, 1.82) is 0 Å². The van der Waals surface area contributed by atoms with Crippen molar-refractivity contribution in [2.45, 2.75) is 89.4 Å². The van der Waals surface area contributed by atoms with E-state index in [4.69, 9.17) is 24.4 Å². The zero-order valence-corrected chi connectivity index (χ0v) is 17.8. The van der Waals surface area contributed by atoms with E-state index in [9.17, 15) is 10.2 Å². The molecule has 3 atom stereocenters. The van der Waals surface area contributed by atoms with Crippen molar-refractivity contribution in [3.05, 3.63) is 0 Å². The quantitative estimate of drug-likeness (QED) is 0.203. The predicted octanol–water partition coefficient (Wildman–Crippen LogP) is 2.03. The van der Waals surface area contributed by atoms with Crippen LogP contribution in [0.3, 0.4) is 0 Å². The van der Waals surface area contributed by atoms with Crippen molar-refractivity contribution in [2.24, 2.45) is 0 Å². The van der Waals surface area contributed by atoms with Crippen LogP contribution in [0.2, 0.25) is 0 Å². The lowest BCUT2D eigenvalue weighted by Gasteiger charge is -2.18. The monoisotopic (exact) mass is 408 g/mol. The van der Waals surface area contributed by atoms with Crippen LogP contribution in [0.5, 0.6) is 0 Å². The maximum atomic E-state index is 9.74. The Morgan fingerprint density at radius 1 is 0.607 bits per heavy atom. The van der Waals surface area contributed by atoms with Crippen LogP contribution in [0.25, 0.3) is 0 Å². The SMILES string of the molecule is CCCCCCCCCCCCOCC(CO)OCC(O)COCC(O)CO. The van der Waals surface area contributed by atoms with Gasteiger partial charge in [0.1, 0.15) is 18.3 Å². The first-order chi connectivity index (χ1) is 13.6. The third-order valence-corrected chi connectivity index (χ3v) is 4.51. The summed E-state index contributed by atoms with van der Waals surface area (Å²) in [6.45, 7) is 2.61. The first kappa shape index (κ1) is 27.7. The van der Waals surface area contributed by atoms with Crippen molar-refractivity contribution in [2.75, 3.05) is 46.2 Å². The van der Waals surface area contributed by atoms with Gasteiger partial charge in [-0.25, -0.2) is 0 Å². The lowest BCUT2D eigenvalue weighted by Crippen LogP contribution is -2.31. The molecular formula is C21H44O7. The Hall–Kier alpha value is -0.280. The lowest BCUT2D eigenvalue weighted by molar-refractivity contribution is -0.0894. The van der Waals surface area contributed by atoms with Crippen LogP contribution in [-0.2, 0) is 14.2 Å². The normalized spacial score (nSPS) is 14.9. The molecule has 0 aliphatic rings. The number of unbranched alkanes of at least 4 members (excludes halogenated alkanes) is 9. The van der Waals surface area contributed by atoms with Gasteiger partial charge in [0.05, 0.1) is 39.6 Å². The molecule has 170 valence electrons. The molecular weight excluding hydrogens is 364 g/mol. The second-order valence-corrected chi connectivity index (χ2v) is 7.42. The molecule has 0 rings (SSSR count). The highest BCUT2D eigenvalue weighted by molar-refractivity contribution is 4.59. The van der Waals surface area contributed by atoms with E-state index < -0.39 is 18.3 Å². The highest BCUT2D eigenvalue weighted by Crippen LogP contribution is 2.10. The number of hydrogen-bond donors (Lipinski definition) is 4. The van der Waals surface area contributed by atoms with E-state index in [1.54, 1.807) is 0 Å². The Kier molecular flexibility index (Phi) is 21.2. The van der Waals surface area contributed by atoms with Gasteiger partial charge in [-0.1, -0.05) is 64.7 Å². The number of hydrogen-bond acceptors (Lipinski definition) is 7. The molecule has 7 nitrogen and oxygen atoms in total. The highest BCUT2D eigenvalue weighted by Gasteiger charge is 2.13. The Bertz CT molecular complexity index is 304. The summed E-state index contributed by atoms with van der Waals surface area (Å²) in [6, 6.07) is 0. The van der Waals surface area contributed by atoms with Gasteiger partial charge in [-0.3, -0.25) is 0 Å². The van der Waals surface area contributed by atoms with Gasteiger partial charge < -0.3 is 34.6 Å². The van der Waals surface area contributed by atoms with Crippen molar-refractivity contribution in [3.63, 3.8) is 0 Å². The molecule has 0 amide bonds. The number of rotatable bonds is 22. The largest absolute Gasteiger partial charge is 0.394 e. The highest BCUT2D eigenvalue weighted by atomic mass is 16.5. The molecule has 3 unspecified atom stereocenters. The summed E-state index contributed by atoms with van der Waals surface area (Å²) in [4.78, 5) is 0. The molecule has 0 aromatic heterocycles. The fourth-order valence-corrected chi connectivity index (χ4v) is 2.75. The summed E-state index contributed by atoms with van der Waals surface area (Å²) < 4.78 is 16.0. The molecule has 0 aromatic rings. The molecule has 0 aliphatic carbocycles. The average Bonchev–Trinajstić information content (AvgIpc) is 2.70. The smallest absolute Gasteiger partial charge is 0.104 e. The van der Waals surface area contributed by atoms with E-state index in [-0.39, 0.29) is 33.0 Å². The van der Waals surface area contributed by atoms with Crippen molar-refractivity contribution >= 4 is 0 Å². The number of ether oxygens (including phenoxy) is 3. The molecule has 0 spiro atoms. The van der Waals surface area contributed by atoms with Gasteiger partial charge in [0.15, 0.2) is 0 Å². The molecule has 0 aliphatic heterocycles. The Labute approximate surface area is 171 Å². The van der Waals surface area contributed by atoms with E-state index >= 15 is 0 Å². The molecule has 0 heterocycles. The maximum Gasteiger partial charge on any atom is 0.104 e. The summed E-state index contributed by atoms with van der Waals surface area (Å²) >= 11 is 0. The van der Waals surface area contributed by atoms with Gasteiger partial charge in [-0.2, -0.15) is 0 Å². The number of aliphatic hydroxyl groups excluding tert-OH is 4. The van der Waals surface area contributed by atoms with Crippen LogP contribution in [0.4, 0.5) is 0 Å². The van der Waals surface area contributed by atoms with Crippen LogP contribution < -0.4 is 0 Å². The lowest BCUT2D eigenvalue weighted by atomic mass is 10.1. The second-order valence-electron chi connectivity index (χ2n) is 7.42. The molecule has 7 heteroatoms. The van der Waals surface area contributed by atoms with E-state index in [2.05, 4.69) is 6.92 Å². The summed E-state index contributed by atoms with van der Waals surface area (Å²) in [5.74, 6) is 0. The molecule has 28 heavy (non-hydrogen) atoms. The van der Waals surface area contributed by atoms with Gasteiger partial charge in [0.2, 0.25) is 0 Å². The molecule has 4 N–H and O–H groups in total. The van der Waals surface area contributed by atoms with Gasteiger partial charge in [-0.15, -0.1) is 0 Å². The van der Waals surface area contributed by atoms with Gasteiger partial charge >= 0.3 is 0 Å². The van der Waals surface area contributed by atoms with E-state index in [1.165, 1.54) is 51.4 Å². The Morgan fingerprint density at radius 3 is 1.75 bits per heavy atom. The summed E-state index contributed by atoms with van der Waals surface area (Å²) in [5, 5.41) is 36.8. The Morgan fingerprint density at radius 2 is 1.18 bits per heavy atom. The summed E-state index contributed by atoms with van der Waals surface area (Å²) in [6.07, 6.45) is 10.5. The zero-order valence-electron chi connectivity index (χ0n) is 17.8. The first-order valence-corrected chi connectivity index (χ1v) is 11.0. The standard InChI is InChI=1S/C21H44O7/c1-2-3-4-5-6-7-8-9-10-11-12-26-18-21(14-23)28-17-20(25)16-27-15-19(24)13-22/h19-25H,2-18H2,1H3. The molecule has 0 radical (unpaired) electrons. The van der Waals surface area contributed by atoms with Crippen LogP contribution >= 0.6 is 0 Å². The van der Waals surface area contributed by atoms with Crippen molar-refractivity contribution in [3.8, 4) is 0 Å². The average molecular weight is 409 g/mol. The van der Waals surface area contributed by atoms with Crippen LogP contribution in [0, 0.1) is 0 Å². The van der Waals surface area contributed by atoms with Crippen LogP contribution in [0.15, 0.2) is 0 Å². The minimum Gasteiger partial charge on any atom is -0.394 e. The van der Waals surface area contributed by atoms with Crippen molar-refractivity contribution < 1.29 is 34.6 Å². The minimum atomic E-state index is -0.947. The molecule has 0 bridgehead atoms. The fourth-order valence-electron chi connectivity index (χ4n) is 2.75. The van der Waals surface area contributed by atoms with E-state index in [1.807, 2.05) is 0 Å². The molecule has 0 saturated carbocycles. The van der Waals surface area contributed by atoms with Gasteiger partial charge in [-0.05, 0) is 6.42 Å². The van der Waals surface area contributed by atoms with E-state index in [0.717, 1.165) is 12.8 Å². The van der Waals surface area contributed by atoms with E-state index in [0.29, 0.717) is 13.2 Å². The third-order valence-electron chi connectivity index (χ3n) is 4.51. The zero-order chi connectivity index (χ0) is 20.9. The van der Waals surface area contributed by atoms with Crippen molar-refractivity contribution in [1.82, 2.24) is 0 Å². The fraction of sp³-hybridized carbons (Fsp3) is 1.00. The van der Waals surface area contributed by atoms with Gasteiger partial charge in [0.25, 0.3) is 0 Å². The summed E-state index contributed by atoms with van der Waals surface area (Å²) in [7, 11) is 0. The van der Waals surface area contributed by atoms with Gasteiger partial charge in [0, 0.05) is 6.61 Å². The van der Waals surface area contributed by atoms with Crippen LogP contribution in [-0.4, -0.2) is 85.0 Å². The molecule has 0 aromatic carbocycles. The minimum absolute atomic E-state index is 0.00529. The van der Waals surface area contributed by atoms with Crippen LogP contribution in [0.1, 0.15) is 71.1 Å².